The molecule has 0 saturated carbocycles. The van der Waals surface area contributed by atoms with Gasteiger partial charge in [-0.05, 0) is 25.3 Å². The van der Waals surface area contributed by atoms with E-state index in [1.54, 1.807) is 17.1 Å². The van der Waals surface area contributed by atoms with Crippen molar-refractivity contribution in [3.63, 3.8) is 0 Å². The molecular weight excluding hydrogens is 280 g/mol. The van der Waals surface area contributed by atoms with E-state index in [1.807, 2.05) is 15.9 Å². The molecular formula is C16H24N4O2. The van der Waals surface area contributed by atoms with Gasteiger partial charge in [-0.15, -0.1) is 0 Å². The number of carbonyl (C=O) groups is 2. The Bertz CT molecular complexity index is 506. The Morgan fingerprint density at radius 3 is 2.50 bits per heavy atom. The third-order valence-electron chi connectivity index (χ3n) is 4.66. The van der Waals surface area contributed by atoms with Crippen molar-refractivity contribution in [2.45, 2.75) is 38.6 Å². The standard InChI is InChI=1S/C16H24N4O2/c21-15(13-20-10-5-7-17-20)19-11-6-14(12-19)16(22)18-8-3-1-2-4-9-18/h5,7,10,14H,1-4,6,8-9,11-13H2. The normalized spacial score (nSPS) is 22.6. The number of hydrogen-bond acceptors (Lipinski definition) is 3. The highest BCUT2D eigenvalue weighted by molar-refractivity contribution is 5.82. The first-order valence-electron chi connectivity index (χ1n) is 8.28. The van der Waals surface area contributed by atoms with Gasteiger partial charge >= 0.3 is 0 Å². The van der Waals surface area contributed by atoms with Crippen LogP contribution in [0.5, 0.6) is 0 Å². The maximum Gasteiger partial charge on any atom is 0.244 e. The second-order valence-corrected chi connectivity index (χ2v) is 6.27. The Kier molecular flexibility index (Phi) is 4.75. The fraction of sp³-hybridized carbons (Fsp3) is 0.688. The van der Waals surface area contributed by atoms with Crippen molar-refractivity contribution in [2.24, 2.45) is 5.92 Å². The highest BCUT2D eigenvalue weighted by Gasteiger charge is 2.33. The molecule has 3 rings (SSSR count). The van der Waals surface area contributed by atoms with Crippen molar-refractivity contribution in [3.8, 4) is 0 Å². The van der Waals surface area contributed by atoms with Gasteiger partial charge in [0.1, 0.15) is 6.54 Å². The van der Waals surface area contributed by atoms with Gasteiger partial charge in [0.15, 0.2) is 0 Å². The van der Waals surface area contributed by atoms with Crippen LogP contribution in [0.2, 0.25) is 0 Å². The number of likely N-dealkylation sites (tertiary alicyclic amines) is 2. The van der Waals surface area contributed by atoms with Crippen molar-refractivity contribution in [2.75, 3.05) is 26.2 Å². The molecule has 0 aromatic carbocycles. The summed E-state index contributed by atoms with van der Waals surface area (Å²) in [7, 11) is 0. The lowest BCUT2D eigenvalue weighted by Gasteiger charge is -2.24. The molecule has 2 saturated heterocycles. The zero-order chi connectivity index (χ0) is 15.4. The van der Waals surface area contributed by atoms with E-state index in [-0.39, 0.29) is 24.3 Å². The van der Waals surface area contributed by atoms with Crippen LogP contribution in [-0.2, 0) is 16.1 Å². The summed E-state index contributed by atoms with van der Waals surface area (Å²) in [6.45, 7) is 3.28. The lowest BCUT2D eigenvalue weighted by molar-refractivity contribution is -0.135. The smallest absolute Gasteiger partial charge is 0.244 e. The number of nitrogens with zero attached hydrogens (tertiary/aromatic N) is 4. The summed E-state index contributed by atoms with van der Waals surface area (Å²) in [6.07, 6.45) is 8.92. The first-order chi connectivity index (χ1) is 10.7. The molecule has 0 N–H and O–H groups in total. The minimum Gasteiger partial charge on any atom is -0.342 e. The Balaban J connectivity index is 1.52. The van der Waals surface area contributed by atoms with Crippen LogP contribution in [0.3, 0.4) is 0 Å². The largest absolute Gasteiger partial charge is 0.342 e. The van der Waals surface area contributed by atoms with Gasteiger partial charge in [-0.2, -0.15) is 5.10 Å². The Hall–Kier alpha value is -1.85. The van der Waals surface area contributed by atoms with E-state index in [9.17, 15) is 9.59 Å². The summed E-state index contributed by atoms with van der Waals surface area (Å²) in [4.78, 5) is 28.7. The lowest BCUT2D eigenvalue weighted by atomic mass is 10.1. The van der Waals surface area contributed by atoms with Crippen molar-refractivity contribution in [1.29, 1.82) is 0 Å². The van der Waals surface area contributed by atoms with Gasteiger partial charge in [0.2, 0.25) is 11.8 Å². The van der Waals surface area contributed by atoms with Crippen LogP contribution < -0.4 is 0 Å². The summed E-state index contributed by atoms with van der Waals surface area (Å²) >= 11 is 0. The van der Waals surface area contributed by atoms with E-state index in [1.165, 1.54) is 12.8 Å². The lowest BCUT2D eigenvalue weighted by Crippen LogP contribution is -2.39. The quantitative estimate of drug-likeness (QED) is 0.841. The van der Waals surface area contributed by atoms with Crippen molar-refractivity contribution in [1.82, 2.24) is 19.6 Å². The highest BCUT2D eigenvalue weighted by atomic mass is 16.2. The monoisotopic (exact) mass is 304 g/mol. The van der Waals surface area contributed by atoms with Crippen molar-refractivity contribution in [3.05, 3.63) is 18.5 Å². The first-order valence-corrected chi connectivity index (χ1v) is 8.28. The number of rotatable bonds is 3. The number of aromatic nitrogens is 2. The molecule has 1 aromatic heterocycles. The van der Waals surface area contributed by atoms with Crippen LogP contribution in [0.4, 0.5) is 0 Å². The number of carbonyl (C=O) groups excluding carboxylic acids is 2. The van der Waals surface area contributed by atoms with E-state index in [4.69, 9.17) is 0 Å². The van der Waals surface area contributed by atoms with Crippen molar-refractivity contribution >= 4 is 11.8 Å². The third kappa shape index (κ3) is 3.48. The van der Waals surface area contributed by atoms with Gasteiger partial charge in [-0.25, -0.2) is 0 Å². The van der Waals surface area contributed by atoms with E-state index in [0.29, 0.717) is 13.1 Å². The van der Waals surface area contributed by atoms with E-state index in [2.05, 4.69) is 5.10 Å². The SMILES string of the molecule is O=C(Cn1cccn1)N1CCC(C(=O)N2CCCCCC2)C1. The van der Waals surface area contributed by atoms with Crippen LogP contribution in [0.25, 0.3) is 0 Å². The molecule has 6 heteroatoms. The average Bonchev–Trinajstić information content (AvgIpc) is 3.13. The molecule has 120 valence electrons. The van der Waals surface area contributed by atoms with Crippen molar-refractivity contribution < 1.29 is 9.59 Å². The summed E-state index contributed by atoms with van der Waals surface area (Å²) in [5.74, 6) is 0.283. The van der Waals surface area contributed by atoms with Gasteiger partial charge < -0.3 is 9.80 Å². The first kappa shape index (κ1) is 15.1. The van der Waals surface area contributed by atoms with E-state index < -0.39 is 0 Å². The zero-order valence-corrected chi connectivity index (χ0v) is 13.0. The fourth-order valence-corrected chi connectivity index (χ4v) is 3.37. The molecule has 1 unspecified atom stereocenters. The maximum absolute atomic E-state index is 12.6. The second-order valence-electron chi connectivity index (χ2n) is 6.27. The van der Waals surface area contributed by atoms with E-state index in [0.717, 1.165) is 32.4 Å². The average molecular weight is 304 g/mol. The topological polar surface area (TPSA) is 58.4 Å². The minimum atomic E-state index is -0.0142. The molecule has 0 bridgehead atoms. The van der Waals surface area contributed by atoms with Crippen LogP contribution >= 0.6 is 0 Å². The molecule has 2 fully saturated rings. The summed E-state index contributed by atoms with van der Waals surface area (Å²) in [5.41, 5.74) is 0. The molecule has 1 aromatic rings. The Labute approximate surface area is 131 Å². The van der Waals surface area contributed by atoms with Crippen LogP contribution in [0.15, 0.2) is 18.5 Å². The fourth-order valence-electron chi connectivity index (χ4n) is 3.37. The molecule has 6 nitrogen and oxygen atoms in total. The van der Waals surface area contributed by atoms with Gasteiger partial charge in [0, 0.05) is 38.6 Å². The van der Waals surface area contributed by atoms with E-state index >= 15 is 0 Å². The van der Waals surface area contributed by atoms with Crippen LogP contribution in [0.1, 0.15) is 32.1 Å². The predicted molar refractivity (Wildman–Crippen MR) is 82.0 cm³/mol. The summed E-state index contributed by atoms with van der Waals surface area (Å²) in [5, 5.41) is 4.06. The number of hydrogen-bond donors (Lipinski definition) is 0. The number of amides is 2. The summed E-state index contributed by atoms with van der Waals surface area (Å²) < 4.78 is 1.63. The Morgan fingerprint density at radius 2 is 1.82 bits per heavy atom. The molecule has 1 atom stereocenters. The van der Waals surface area contributed by atoms with Gasteiger partial charge in [0.05, 0.1) is 5.92 Å². The minimum absolute atomic E-state index is 0.0142. The molecule has 2 aliphatic heterocycles. The highest BCUT2D eigenvalue weighted by Crippen LogP contribution is 2.21. The molecule has 2 amide bonds. The third-order valence-corrected chi connectivity index (χ3v) is 4.66. The molecule has 0 aliphatic carbocycles. The van der Waals surface area contributed by atoms with Gasteiger partial charge in [-0.3, -0.25) is 14.3 Å². The van der Waals surface area contributed by atoms with Gasteiger partial charge in [0.25, 0.3) is 0 Å². The Morgan fingerprint density at radius 1 is 1.05 bits per heavy atom. The molecule has 0 radical (unpaired) electrons. The second kappa shape index (κ2) is 6.94. The van der Waals surface area contributed by atoms with Gasteiger partial charge in [-0.1, -0.05) is 12.8 Å². The predicted octanol–water partition coefficient (Wildman–Crippen LogP) is 1.13. The summed E-state index contributed by atoms with van der Waals surface area (Å²) in [6, 6.07) is 1.81. The molecule has 22 heavy (non-hydrogen) atoms. The maximum atomic E-state index is 12.6. The molecule has 3 heterocycles. The zero-order valence-electron chi connectivity index (χ0n) is 13.0. The van der Waals surface area contributed by atoms with Crippen LogP contribution in [0, 0.1) is 5.92 Å². The molecule has 0 spiro atoms. The molecule has 2 aliphatic rings. The van der Waals surface area contributed by atoms with Crippen LogP contribution in [-0.4, -0.2) is 57.6 Å².